The molecule has 3 heterocycles. The van der Waals surface area contributed by atoms with E-state index in [0.717, 1.165) is 51.4 Å². The van der Waals surface area contributed by atoms with Crippen molar-refractivity contribution >= 4 is 5.97 Å². The molecular formula is C47H76O16. The number of carboxylic acids is 1. The standard InChI is InChI=1S/C47H76O16/c1-22-30(49)33(52)35(54)38(59-22)63-37-32(51)26(61-39-36(55)34(53)31(50)25(20-48)60-39)21-58-40(37)62-29-12-13-44(6)27(43(29,4)5)11-14-46(8)28(44)10-9-23-24-19-42(2,3)15-17-47(24,41(56)57)18-16-45(23,46)7/h9,22,24-40,48-55H,10-21H2,1-8H3,(H,56,57)/t22-,24?,25-,26+,27?,28?,29?,30+,31-,32-,33-,34+,35-,36-,37-,38+,39+,40+,44?,45?,46?,47?/m1/s1. The van der Waals surface area contributed by atoms with E-state index in [1.807, 2.05) is 0 Å². The fourth-order valence-corrected chi connectivity index (χ4v) is 14.8. The molecule has 63 heavy (non-hydrogen) atoms. The lowest BCUT2D eigenvalue weighted by atomic mass is 9.33. The largest absolute Gasteiger partial charge is 0.481 e. The van der Waals surface area contributed by atoms with Crippen molar-refractivity contribution in [1.29, 1.82) is 0 Å². The number of hydrogen-bond donors (Lipinski definition) is 9. The molecule has 0 radical (unpaired) electrons. The molecule has 360 valence electrons. The van der Waals surface area contributed by atoms with Crippen LogP contribution in [0.1, 0.15) is 120 Å². The topological polar surface area (TPSA) is 255 Å². The van der Waals surface area contributed by atoms with Gasteiger partial charge in [0.15, 0.2) is 18.9 Å². The zero-order chi connectivity index (χ0) is 46.0. The predicted octanol–water partition coefficient (Wildman–Crippen LogP) is 2.37. The Morgan fingerprint density at radius 2 is 1.37 bits per heavy atom. The maximum atomic E-state index is 13.1. The van der Waals surface area contributed by atoms with Crippen LogP contribution >= 0.6 is 0 Å². The Labute approximate surface area is 371 Å². The number of aliphatic hydroxyl groups excluding tert-OH is 8. The van der Waals surface area contributed by atoms with Gasteiger partial charge in [-0.25, -0.2) is 0 Å². The molecule has 3 aliphatic heterocycles. The van der Waals surface area contributed by atoms with Crippen molar-refractivity contribution in [1.82, 2.24) is 0 Å². The lowest BCUT2D eigenvalue weighted by molar-refractivity contribution is -0.380. The van der Waals surface area contributed by atoms with Crippen LogP contribution in [0.25, 0.3) is 0 Å². The van der Waals surface area contributed by atoms with Gasteiger partial charge in [-0.3, -0.25) is 4.79 Å². The van der Waals surface area contributed by atoms with E-state index in [1.165, 1.54) is 12.5 Å². The number of hydrogen-bond acceptors (Lipinski definition) is 15. The van der Waals surface area contributed by atoms with Crippen LogP contribution in [-0.2, 0) is 33.2 Å². The summed E-state index contributed by atoms with van der Waals surface area (Å²) < 4.78 is 36.7. The van der Waals surface area contributed by atoms with Gasteiger partial charge in [0.25, 0.3) is 0 Å². The first-order valence-corrected chi connectivity index (χ1v) is 23.6. The predicted molar refractivity (Wildman–Crippen MR) is 223 cm³/mol. The lowest BCUT2D eigenvalue weighted by Gasteiger charge is -2.71. The van der Waals surface area contributed by atoms with E-state index in [1.54, 1.807) is 0 Å². The van der Waals surface area contributed by atoms with Crippen molar-refractivity contribution in [3.05, 3.63) is 11.6 Å². The second-order valence-electron chi connectivity index (χ2n) is 23.0. The van der Waals surface area contributed by atoms with Crippen LogP contribution in [0, 0.1) is 50.2 Å². The average molecular weight is 897 g/mol. The summed E-state index contributed by atoms with van der Waals surface area (Å²) in [7, 11) is 0. The molecule has 16 nitrogen and oxygen atoms in total. The number of aliphatic hydroxyl groups is 8. The number of rotatable bonds is 8. The molecule has 8 aliphatic rings. The highest BCUT2D eigenvalue weighted by atomic mass is 16.8. The van der Waals surface area contributed by atoms with E-state index in [0.29, 0.717) is 18.8 Å². The second kappa shape index (κ2) is 16.7. The second-order valence-corrected chi connectivity index (χ2v) is 23.0. The first-order chi connectivity index (χ1) is 29.4. The first kappa shape index (κ1) is 48.1. The van der Waals surface area contributed by atoms with E-state index in [9.17, 15) is 50.8 Å². The van der Waals surface area contributed by atoms with Crippen LogP contribution in [0.2, 0.25) is 0 Å². The zero-order valence-electron chi connectivity index (χ0n) is 38.3. The summed E-state index contributed by atoms with van der Waals surface area (Å²) in [6.45, 7) is 17.0. The van der Waals surface area contributed by atoms with Gasteiger partial charge in [0.2, 0.25) is 0 Å². The molecule has 0 aromatic carbocycles. The monoisotopic (exact) mass is 897 g/mol. The summed E-state index contributed by atoms with van der Waals surface area (Å²) in [6.07, 6.45) is -10.1. The maximum absolute atomic E-state index is 13.1. The molecule has 4 saturated carbocycles. The van der Waals surface area contributed by atoms with Crippen LogP contribution in [0.15, 0.2) is 11.6 Å². The van der Waals surface area contributed by atoms with E-state index in [4.69, 9.17) is 28.4 Å². The summed E-state index contributed by atoms with van der Waals surface area (Å²) in [4.78, 5) is 13.1. The molecule has 9 N–H and O–H groups in total. The minimum Gasteiger partial charge on any atom is -0.481 e. The Balaban J connectivity index is 1.04. The van der Waals surface area contributed by atoms with Gasteiger partial charge < -0.3 is 74.4 Å². The van der Waals surface area contributed by atoms with Crippen molar-refractivity contribution in [2.24, 2.45) is 50.2 Å². The number of carbonyl (C=O) groups is 1. The third-order valence-corrected chi connectivity index (χ3v) is 19.0. The van der Waals surface area contributed by atoms with Crippen molar-refractivity contribution in [3.8, 4) is 0 Å². The van der Waals surface area contributed by atoms with Crippen molar-refractivity contribution < 1.29 is 79.2 Å². The average Bonchev–Trinajstić information content (AvgIpc) is 3.22. The van der Waals surface area contributed by atoms with E-state index in [2.05, 4.69) is 54.5 Å². The molecular weight excluding hydrogens is 821 g/mol. The summed E-state index contributed by atoms with van der Waals surface area (Å²) in [6, 6.07) is 0. The number of carboxylic acid groups (broad SMARTS) is 1. The third kappa shape index (κ3) is 7.51. The molecule has 16 heteroatoms. The molecule has 0 spiro atoms. The SMILES string of the molecule is C[C@H]1O[C@@H](O[C@H]2[C@H](OC3CCC4(C)C(CCC5(C)C4CC=C4C6CC(C)(C)CCC6(C(=O)O)CCC45C)C3(C)C)OC[C@H](O[C@@H]3O[C@H](CO)[C@@H](O)[C@H](O)[C@H]3O)[C@H]2O)[C@H](O)[C@H](O)[C@H]1O. The van der Waals surface area contributed by atoms with Crippen molar-refractivity contribution in [2.75, 3.05) is 13.2 Å². The minimum absolute atomic E-state index is 0.0289. The van der Waals surface area contributed by atoms with E-state index < -0.39 is 109 Å². The molecule has 7 fully saturated rings. The Morgan fingerprint density at radius 3 is 2.03 bits per heavy atom. The highest BCUT2D eigenvalue weighted by Crippen LogP contribution is 2.76. The molecule has 22 atom stereocenters. The molecule has 0 bridgehead atoms. The van der Waals surface area contributed by atoms with Gasteiger partial charge in [0, 0.05) is 0 Å². The molecule has 0 aromatic rings. The Kier molecular flexibility index (Phi) is 12.8. The van der Waals surface area contributed by atoms with Gasteiger partial charge in [-0.15, -0.1) is 0 Å². The smallest absolute Gasteiger partial charge is 0.310 e. The summed E-state index contributed by atoms with van der Waals surface area (Å²) in [5, 5.41) is 96.0. The molecule has 0 amide bonds. The zero-order valence-corrected chi connectivity index (χ0v) is 38.3. The Morgan fingerprint density at radius 1 is 0.714 bits per heavy atom. The van der Waals surface area contributed by atoms with Gasteiger partial charge in [0.05, 0.1) is 30.8 Å². The van der Waals surface area contributed by atoms with Crippen LogP contribution < -0.4 is 0 Å². The molecule has 5 aliphatic carbocycles. The highest BCUT2D eigenvalue weighted by molar-refractivity contribution is 5.76. The highest BCUT2D eigenvalue weighted by Gasteiger charge is 2.70. The number of allylic oxidation sites excluding steroid dienone is 2. The fraction of sp³-hybridized carbons (Fsp3) is 0.936. The van der Waals surface area contributed by atoms with Crippen LogP contribution in [-0.4, -0.2) is 157 Å². The Hall–Kier alpha value is -1.35. The summed E-state index contributed by atoms with van der Waals surface area (Å²) in [5.41, 5.74) is 0.113. The normalized spacial score (nSPS) is 54.1. The number of fused-ring (bicyclic) bond motifs is 7. The number of aliphatic carboxylic acids is 1. The Bertz CT molecular complexity index is 1720. The van der Waals surface area contributed by atoms with Crippen LogP contribution in [0.4, 0.5) is 0 Å². The summed E-state index contributed by atoms with van der Waals surface area (Å²) >= 11 is 0. The fourth-order valence-electron chi connectivity index (χ4n) is 14.8. The minimum atomic E-state index is -1.75. The van der Waals surface area contributed by atoms with Gasteiger partial charge >= 0.3 is 5.97 Å². The van der Waals surface area contributed by atoms with Crippen molar-refractivity contribution in [2.45, 2.75) is 212 Å². The first-order valence-electron chi connectivity index (χ1n) is 23.6. The van der Waals surface area contributed by atoms with Crippen molar-refractivity contribution in [3.63, 3.8) is 0 Å². The van der Waals surface area contributed by atoms with E-state index >= 15 is 0 Å². The summed E-state index contributed by atoms with van der Waals surface area (Å²) in [5.74, 6) is -0.0288. The third-order valence-electron chi connectivity index (χ3n) is 19.0. The van der Waals surface area contributed by atoms with Gasteiger partial charge in [-0.2, -0.15) is 0 Å². The molecule has 3 saturated heterocycles. The van der Waals surface area contributed by atoms with E-state index in [-0.39, 0.29) is 46.2 Å². The van der Waals surface area contributed by atoms with Gasteiger partial charge in [0.1, 0.15) is 61.0 Å². The van der Waals surface area contributed by atoms with Gasteiger partial charge in [-0.05, 0) is 116 Å². The molecule has 8 rings (SSSR count). The van der Waals surface area contributed by atoms with Gasteiger partial charge in [-0.1, -0.05) is 60.1 Å². The quantitative estimate of drug-likeness (QED) is 0.125. The van der Waals surface area contributed by atoms with Crippen LogP contribution in [0.3, 0.4) is 0 Å². The lowest BCUT2D eigenvalue weighted by Crippen LogP contribution is -2.66. The molecule has 8 unspecified atom stereocenters. The van der Waals surface area contributed by atoms with Crippen LogP contribution in [0.5, 0.6) is 0 Å². The maximum Gasteiger partial charge on any atom is 0.310 e. The number of ether oxygens (including phenoxy) is 6. The molecule has 0 aromatic heterocycles.